The average molecular weight is 255 g/mol. The maximum atomic E-state index is 11.5. The number of aromatic nitrogens is 1. The molecule has 2 N–H and O–H groups in total. The first-order chi connectivity index (χ1) is 8.24. The third kappa shape index (κ3) is 4.07. The van der Waals surface area contributed by atoms with Crippen molar-refractivity contribution in [2.75, 3.05) is 25.0 Å². The Labute approximate surface area is 105 Å². The SMILES string of the molecule is Cc1csc(NC(=O)CNC[C@@H]2CCCO2)n1. The molecule has 2 heterocycles. The zero-order valence-corrected chi connectivity index (χ0v) is 10.7. The minimum absolute atomic E-state index is 0.0580. The molecule has 0 spiro atoms. The van der Waals surface area contributed by atoms with Gasteiger partial charge < -0.3 is 15.4 Å². The number of nitrogens with zero attached hydrogens (tertiary/aromatic N) is 1. The summed E-state index contributed by atoms with van der Waals surface area (Å²) < 4.78 is 5.45. The first-order valence-corrected chi connectivity index (χ1v) is 6.66. The van der Waals surface area contributed by atoms with Crippen LogP contribution in [0, 0.1) is 6.92 Å². The van der Waals surface area contributed by atoms with Crippen LogP contribution in [-0.4, -0.2) is 36.7 Å². The summed E-state index contributed by atoms with van der Waals surface area (Å²) in [5.41, 5.74) is 0.928. The molecule has 1 aliphatic heterocycles. The van der Waals surface area contributed by atoms with Crippen molar-refractivity contribution in [1.82, 2.24) is 10.3 Å². The normalized spacial score (nSPS) is 19.5. The van der Waals surface area contributed by atoms with E-state index in [4.69, 9.17) is 4.74 Å². The van der Waals surface area contributed by atoms with Crippen molar-refractivity contribution in [3.05, 3.63) is 11.1 Å². The number of carbonyl (C=O) groups excluding carboxylic acids is 1. The van der Waals surface area contributed by atoms with Crippen molar-refractivity contribution in [1.29, 1.82) is 0 Å². The molecule has 0 bridgehead atoms. The maximum absolute atomic E-state index is 11.5. The highest BCUT2D eigenvalue weighted by molar-refractivity contribution is 7.13. The van der Waals surface area contributed by atoms with Gasteiger partial charge in [0.2, 0.25) is 5.91 Å². The van der Waals surface area contributed by atoms with Crippen molar-refractivity contribution in [3.8, 4) is 0 Å². The van der Waals surface area contributed by atoms with Gasteiger partial charge in [-0.1, -0.05) is 0 Å². The summed E-state index contributed by atoms with van der Waals surface area (Å²) in [6.07, 6.45) is 2.47. The Kier molecular flexibility index (Phi) is 4.47. The van der Waals surface area contributed by atoms with E-state index in [1.54, 1.807) is 0 Å². The molecule has 1 amide bonds. The molecule has 1 aliphatic rings. The minimum atomic E-state index is -0.0580. The fraction of sp³-hybridized carbons (Fsp3) is 0.636. The summed E-state index contributed by atoms with van der Waals surface area (Å²) in [6, 6.07) is 0. The Morgan fingerprint density at radius 3 is 3.24 bits per heavy atom. The van der Waals surface area contributed by atoms with Crippen molar-refractivity contribution in [2.24, 2.45) is 0 Å². The number of thiazole rings is 1. The van der Waals surface area contributed by atoms with Gasteiger partial charge in [-0.15, -0.1) is 11.3 Å². The van der Waals surface area contributed by atoms with Gasteiger partial charge in [0.1, 0.15) is 0 Å². The van der Waals surface area contributed by atoms with Crippen LogP contribution in [-0.2, 0) is 9.53 Å². The number of anilines is 1. The van der Waals surface area contributed by atoms with Crippen LogP contribution in [0.5, 0.6) is 0 Å². The number of ether oxygens (including phenoxy) is 1. The van der Waals surface area contributed by atoms with Gasteiger partial charge in [-0.2, -0.15) is 0 Å². The van der Waals surface area contributed by atoms with Gasteiger partial charge in [0, 0.05) is 18.5 Å². The summed E-state index contributed by atoms with van der Waals surface area (Å²) in [5, 5.41) is 8.42. The van der Waals surface area contributed by atoms with Crippen LogP contribution >= 0.6 is 11.3 Å². The highest BCUT2D eigenvalue weighted by atomic mass is 32.1. The lowest BCUT2D eigenvalue weighted by atomic mass is 10.2. The summed E-state index contributed by atoms with van der Waals surface area (Å²) in [7, 11) is 0. The maximum Gasteiger partial charge on any atom is 0.240 e. The summed E-state index contributed by atoms with van der Waals surface area (Å²) in [4.78, 5) is 15.7. The number of hydrogen-bond donors (Lipinski definition) is 2. The van der Waals surface area contributed by atoms with E-state index in [1.165, 1.54) is 11.3 Å². The van der Waals surface area contributed by atoms with Crippen molar-refractivity contribution in [2.45, 2.75) is 25.9 Å². The monoisotopic (exact) mass is 255 g/mol. The lowest BCUT2D eigenvalue weighted by Gasteiger charge is -2.09. The highest BCUT2D eigenvalue weighted by Crippen LogP contribution is 2.14. The van der Waals surface area contributed by atoms with Gasteiger partial charge in [0.05, 0.1) is 18.3 Å². The Bertz CT molecular complexity index is 375. The van der Waals surface area contributed by atoms with Gasteiger partial charge >= 0.3 is 0 Å². The summed E-state index contributed by atoms with van der Waals surface area (Å²) in [6.45, 7) is 3.79. The predicted molar refractivity (Wildman–Crippen MR) is 67.3 cm³/mol. The zero-order chi connectivity index (χ0) is 12.1. The molecule has 1 atom stereocenters. The number of carbonyl (C=O) groups is 1. The van der Waals surface area contributed by atoms with Crippen LogP contribution in [0.4, 0.5) is 5.13 Å². The fourth-order valence-electron chi connectivity index (χ4n) is 1.73. The molecular formula is C11H17N3O2S. The molecule has 94 valence electrons. The lowest BCUT2D eigenvalue weighted by Crippen LogP contribution is -2.33. The van der Waals surface area contributed by atoms with E-state index >= 15 is 0 Å². The number of nitrogens with one attached hydrogen (secondary N) is 2. The molecule has 5 nitrogen and oxygen atoms in total. The number of hydrogen-bond acceptors (Lipinski definition) is 5. The van der Waals surface area contributed by atoms with E-state index < -0.39 is 0 Å². The van der Waals surface area contributed by atoms with E-state index in [1.807, 2.05) is 12.3 Å². The molecule has 0 aliphatic carbocycles. The van der Waals surface area contributed by atoms with Crippen molar-refractivity contribution < 1.29 is 9.53 Å². The van der Waals surface area contributed by atoms with Crippen LogP contribution in [0.1, 0.15) is 18.5 Å². The first kappa shape index (κ1) is 12.5. The quantitative estimate of drug-likeness (QED) is 0.828. The molecular weight excluding hydrogens is 238 g/mol. The molecule has 1 fully saturated rings. The van der Waals surface area contributed by atoms with Crippen molar-refractivity contribution >= 4 is 22.4 Å². The van der Waals surface area contributed by atoms with Gasteiger partial charge in [0.15, 0.2) is 5.13 Å². The Hall–Kier alpha value is -0.980. The molecule has 0 unspecified atom stereocenters. The molecule has 2 rings (SSSR count). The van der Waals surface area contributed by atoms with Crippen molar-refractivity contribution in [3.63, 3.8) is 0 Å². The summed E-state index contributed by atoms with van der Waals surface area (Å²) in [5.74, 6) is -0.0580. The molecule has 0 saturated carbocycles. The molecule has 6 heteroatoms. The van der Waals surface area contributed by atoms with E-state index in [0.29, 0.717) is 11.7 Å². The third-order valence-electron chi connectivity index (χ3n) is 2.55. The summed E-state index contributed by atoms with van der Waals surface area (Å²) >= 11 is 1.44. The molecule has 0 radical (unpaired) electrons. The Morgan fingerprint density at radius 1 is 1.71 bits per heavy atom. The standard InChI is InChI=1S/C11H17N3O2S/c1-8-7-17-11(13-8)14-10(15)6-12-5-9-3-2-4-16-9/h7,9,12H,2-6H2,1H3,(H,13,14,15)/t9-/m0/s1. The molecule has 1 aromatic rings. The Balaban J connectivity index is 1.63. The smallest absolute Gasteiger partial charge is 0.240 e. The van der Waals surface area contributed by atoms with E-state index in [2.05, 4.69) is 15.6 Å². The molecule has 1 saturated heterocycles. The van der Waals surface area contributed by atoms with E-state index in [9.17, 15) is 4.79 Å². The lowest BCUT2D eigenvalue weighted by molar-refractivity contribution is -0.115. The largest absolute Gasteiger partial charge is 0.377 e. The number of rotatable bonds is 5. The predicted octanol–water partition coefficient (Wildman–Crippen LogP) is 1.16. The van der Waals surface area contributed by atoms with Gasteiger partial charge in [-0.05, 0) is 19.8 Å². The van der Waals surface area contributed by atoms with Crippen LogP contribution in [0.25, 0.3) is 0 Å². The van der Waals surface area contributed by atoms with Gasteiger partial charge in [-0.25, -0.2) is 4.98 Å². The van der Waals surface area contributed by atoms with E-state index in [-0.39, 0.29) is 12.0 Å². The fourth-order valence-corrected chi connectivity index (χ4v) is 2.43. The minimum Gasteiger partial charge on any atom is -0.377 e. The zero-order valence-electron chi connectivity index (χ0n) is 9.86. The highest BCUT2D eigenvalue weighted by Gasteiger charge is 2.15. The van der Waals surface area contributed by atoms with Crippen LogP contribution in [0.15, 0.2) is 5.38 Å². The van der Waals surface area contributed by atoms with Crippen LogP contribution < -0.4 is 10.6 Å². The molecule has 17 heavy (non-hydrogen) atoms. The second-order valence-electron chi connectivity index (χ2n) is 4.11. The van der Waals surface area contributed by atoms with Gasteiger partial charge in [0.25, 0.3) is 0 Å². The van der Waals surface area contributed by atoms with Crippen LogP contribution in [0.3, 0.4) is 0 Å². The molecule has 1 aromatic heterocycles. The topological polar surface area (TPSA) is 63.2 Å². The third-order valence-corrected chi connectivity index (χ3v) is 3.42. The second kappa shape index (κ2) is 6.09. The Morgan fingerprint density at radius 2 is 2.59 bits per heavy atom. The number of amides is 1. The first-order valence-electron chi connectivity index (χ1n) is 5.78. The number of aryl methyl sites for hydroxylation is 1. The van der Waals surface area contributed by atoms with Crippen LogP contribution in [0.2, 0.25) is 0 Å². The van der Waals surface area contributed by atoms with E-state index in [0.717, 1.165) is 31.7 Å². The molecule has 0 aromatic carbocycles. The van der Waals surface area contributed by atoms with Gasteiger partial charge in [-0.3, -0.25) is 4.79 Å². The second-order valence-corrected chi connectivity index (χ2v) is 4.97. The average Bonchev–Trinajstić information content (AvgIpc) is 2.90.